The van der Waals surface area contributed by atoms with Gasteiger partial charge in [-0.15, -0.1) is 0 Å². The Morgan fingerprint density at radius 3 is 2.95 bits per heavy atom. The number of halogens is 1. The van der Waals surface area contributed by atoms with Crippen LogP contribution in [-0.4, -0.2) is 42.2 Å². The number of aryl methyl sites for hydroxylation is 1. The van der Waals surface area contributed by atoms with Crippen LogP contribution in [0.2, 0.25) is 0 Å². The summed E-state index contributed by atoms with van der Waals surface area (Å²) in [5.74, 6) is -0.315. The first-order valence-corrected chi connectivity index (χ1v) is 7.77. The fourth-order valence-electron chi connectivity index (χ4n) is 2.90. The molecular formula is C17H25FN2O2. The van der Waals surface area contributed by atoms with Crippen molar-refractivity contribution in [1.29, 1.82) is 0 Å². The van der Waals surface area contributed by atoms with E-state index in [0.29, 0.717) is 18.7 Å². The Kier molecular flexibility index (Phi) is 5.53. The average Bonchev–Trinajstić information content (AvgIpc) is 2.48. The van der Waals surface area contributed by atoms with Crippen molar-refractivity contribution in [2.45, 2.75) is 33.2 Å². The monoisotopic (exact) mass is 308 g/mol. The van der Waals surface area contributed by atoms with E-state index < -0.39 is 0 Å². The van der Waals surface area contributed by atoms with Gasteiger partial charge in [-0.2, -0.15) is 0 Å². The summed E-state index contributed by atoms with van der Waals surface area (Å²) in [6.07, 6.45) is 1.98. The molecule has 1 aliphatic heterocycles. The van der Waals surface area contributed by atoms with Gasteiger partial charge in [-0.1, -0.05) is 19.1 Å². The fourth-order valence-corrected chi connectivity index (χ4v) is 2.90. The van der Waals surface area contributed by atoms with Gasteiger partial charge in [0.05, 0.1) is 6.54 Å². The summed E-state index contributed by atoms with van der Waals surface area (Å²) in [4.78, 5) is 14.1. The number of piperidine rings is 1. The molecule has 0 bridgehead atoms. The molecule has 1 saturated heterocycles. The van der Waals surface area contributed by atoms with Crippen LogP contribution in [0, 0.1) is 18.2 Å². The molecule has 0 spiro atoms. The van der Waals surface area contributed by atoms with Crippen LogP contribution in [0.25, 0.3) is 0 Å². The second kappa shape index (κ2) is 7.20. The highest BCUT2D eigenvalue weighted by Gasteiger charge is 2.30. The number of benzene rings is 1. The Morgan fingerprint density at radius 2 is 2.27 bits per heavy atom. The van der Waals surface area contributed by atoms with Crippen LogP contribution in [0.3, 0.4) is 0 Å². The third-order valence-electron chi connectivity index (χ3n) is 4.33. The molecule has 5 heteroatoms. The Hall–Kier alpha value is -1.46. The second-order valence-electron chi connectivity index (χ2n) is 6.64. The average molecular weight is 308 g/mol. The number of nitrogens with zero attached hydrogens (tertiary/aromatic N) is 1. The molecule has 0 radical (unpaired) electrons. The van der Waals surface area contributed by atoms with Crippen molar-refractivity contribution in [3.8, 4) is 0 Å². The minimum Gasteiger partial charge on any atom is -0.396 e. The molecule has 1 heterocycles. The molecule has 1 atom stereocenters. The lowest BCUT2D eigenvalue weighted by molar-refractivity contribution is -0.123. The maximum absolute atomic E-state index is 13.5. The van der Waals surface area contributed by atoms with E-state index >= 15 is 0 Å². The molecule has 1 amide bonds. The number of hydrogen-bond acceptors (Lipinski definition) is 3. The van der Waals surface area contributed by atoms with Gasteiger partial charge in [-0.3, -0.25) is 9.69 Å². The molecule has 4 nitrogen and oxygen atoms in total. The maximum atomic E-state index is 13.5. The van der Waals surface area contributed by atoms with E-state index in [1.165, 1.54) is 6.07 Å². The number of aliphatic hydroxyl groups excluding tert-OH is 1. The number of aliphatic hydroxyl groups is 1. The third-order valence-corrected chi connectivity index (χ3v) is 4.33. The molecule has 2 N–H and O–H groups in total. The normalized spacial score (nSPS) is 22.5. The zero-order valence-electron chi connectivity index (χ0n) is 13.4. The molecule has 0 saturated carbocycles. The standard InChI is InChI=1S/C17H25FN2O2/c1-13-4-5-14(8-15(13)18)9-19-16(22)10-20-7-3-6-17(2,11-20)12-21/h4-5,8,21H,3,6-7,9-12H2,1-2H3,(H,19,22)/t17-/m1/s1. The Morgan fingerprint density at radius 1 is 1.50 bits per heavy atom. The first-order valence-electron chi connectivity index (χ1n) is 7.77. The van der Waals surface area contributed by atoms with Crippen LogP contribution in [0.4, 0.5) is 4.39 Å². The highest BCUT2D eigenvalue weighted by Crippen LogP contribution is 2.28. The summed E-state index contributed by atoms with van der Waals surface area (Å²) < 4.78 is 13.5. The highest BCUT2D eigenvalue weighted by molar-refractivity contribution is 5.78. The maximum Gasteiger partial charge on any atom is 0.234 e. The van der Waals surface area contributed by atoms with Gasteiger partial charge in [0.2, 0.25) is 5.91 Å². The van der Waals surface area contributed by atoms with E-state index in [9.17, 15) is 14.3 Å². The first kappa shape index (κ1) is 16.9. The van der Waals surface area contributed by atoms with Crippen LogP contribution in [-0.2, 0) is 11.3 Å². The highest BCUT2D eigenvalue weighted by atomic mass is 19.1. The molecule has 0 aromatic heterocycles. The minimum absolute atomic E-state index is 0.0665. The van der Waals surface area contributed by atoms with Gasteiger partial charge in [0, 0.05) is 25.1 Å². The summed E-state index contributed by atoms with van der Waals surface area (Å²) >= 11 is 0. The molecule has 0 aliphatic carbocycles. The summed E-state index contributed by atoms with van der Waals surface area (Å²) in [6.45, 7) is 6.18. The van der Waals surface area contributed by atoms with Crippen LogP contribution in [0.15, 0.2) is 18.2 Å². The van der Waals surface area contributed by atoms with Crippen LogP contribution < -0.4 is 5.32 Å². The zero-order valence-corrected chi connectivity index (χ0v) is 13.4. The van der Waals surface area contributed by atoms with Gasteiger partial charge in [0.25, 0.3) is 0 Å². The zero-order chi connectivity index (χ0) is 16.2. The first-order chi connectivity index (χ1) is 10.4. The molecule has 122 valence electrons. The number of amides is 1. The molecule has 0 unspecified atom stereocenters. The SMILES string of the molecule is Cc1ccc(CNC(=O)CN2CCC[C@@](C)(CO)C2)cc1F. The minimum atomic E-state index is -0.249. The second-order valence-corrected chi connectivity index (χ2v) is 6.64. The van der Waals surface area contributed by atoms with Gasteiger partial charge in [-0.25, -0.2) is 4.39 Å². The summed E-state index contributed by atoms with van der Waals surface area (Å²) in [6, 6.07) is 5.00. The topological polar surface area (TPSA) is 52.6 Å². The van der Waals surface area contributed by atoms with Crippen LogP contribution in [0.1, 0.15) is 30.9 Å². The van der Waals surface area contributed by atoms with Gasteiger partial charge in [-0.05, 0) is 43.5 Å². The lowest BCUT2D eigenvalue weighted by Gasteiger charge is -2.38. The van der Waals surface area contributed by atoms with E-state index in [4.69, 9.17) is 0 Å². The Balaban J connectivity index is 1.81. The Bertz CT molecular complexity index is 535. The molecule has 1 aromatic carbocycles. The molecule has 1 fully saturated rings. The van der Waals surface area contributed by atoms with Crippen molar-refractivity contribution in [1.82, 2.24) is 10.2 Å². The molecule has 1 aliphatic rings. The van der Waals surface area contributed by atoms with Crippen molar-refractivity contribution < 1.29 is 14.3 Å². The van der Waals surface area contributed by atoms with Crippen molar-refractivity contribution in [2.75, 3.05) is 26.2 Å². The van der Waals surface area contributed by atoms with Crippen molar-refractivity contribution in [2.24, 2.45) is 5.41 Å². The van der Waals surface area contributed by atoms with E-state index in [1.54, 1.807) is 13.0 Å². The van der Waals surface area contributed by atoms with Crippen molar-refractivity contribution >= 4 is 5.91 Å². The summed E-state index contributed by atoms with van der Waals surface area (Å²) in [7, 11) is 0. The van der Waals surface area contributed by atoms with Crippen LogP contribution >= 0.6 is 0 Å². The van der Waals surface area contributed by atoms with Crippen molar-refractivity contribution in [3.63, 3.8) is 0 Å². The molecular weight excluding hydrogens is 283 g/mol. The van der Waals surface area contributed by atoms with E-state index in [-0.39, 0.29) is 23.7 Å². The van der Waals surface area contributed by atoms with E-state index in [1.807, 2.05) is 13.0 Å². The lowest BCUT2D eigenvalue weighted by Crippen LogP contribution is -2.47. The number of carbonyl (C=O) groups is 1. The predicted octanol–water partition coefficient (Wildman–Crippen LogP) is 1.84. The number of nitrogens with one attached hydrogen (secondary N) is 1. The molecule has 2 rings (SSSR count). The largest absolute Gasteiger partial charge is 0.396 e. The van der Waals surface area contributed by atoms with Gasteiger partial charge < -0.3 is 10.4 Å². The van der Waals surface area contributed by atoms with Gasteiger partial charge in [0.1, 0.15) is 5.82 Å². The number of likely N-dealkylation sites (tertiary alicyclic amines) is 1. The van der Waals surface area contributed by atoms with Crippen LogP contribution in [0.5, 0.6) is 0 Å². The Labute approximate surface area is 131 Å². The third kappa shape index (κ3) is 4.52. The number of carbonyl (C=O) groups excluding carboxylic acids is 1. The van der Waals surface area contributed by atoms with Gasteiger partial charge >= 0.3 is 0 Å². The quantitative estimate of drug-likeness (QED) is 0.873. The van der Waals surface area contributed by atoms with Crippen molar-refractivity contribution in [3.05, 3.63) is 35.1 Å². The predicted molar refractivity (Wildman–Crippen MR) is 83.9 cm³/mol. The fraction of sp³-hybridized carbons (Fsp3) is 0.588. The number of hydrogen-bond donors (Lipinski definition) is 2. The summed E-state index contributed by atoms with van der Waals surface area (Å²) in [5.41, 5.74) is 1.25. The number of rotatable bonds is 5. The smallest absolute Gasteiger partial charge is 0.234 e. The molecule has 22 heavy (non-hydrogen) atoms. The van der Waals surface area contributed by atoms with Gasteiger partial charge in [0.15, 0.2) is 0 Å². The van der Waals surface area contributed by atoms with E-state index in [0.717, 1.165) is 31.5 Å². The lowest BCUT2D eigenvalue weighted by atomic mass is 9.83. The summed E-state index contributed by atoms with van der Waals surface area (Å²) in [5, 5.41) is 12.3. The molecule has 1 aromatic rings. The van der Waals surface area contributed by atoms with E-state index in [2.05, 4.69) is 10.2 Å².